The van der Waals surface area contributed by atoms with Crippen LogP contribution in [0, 0.1) is 13.8 Å². The van der Waals surface area contributed by atoms with Gasteiger partial charge in [-0.2, -0.15) is 0 Å². The lowest BCUT2D eigenvalue weighted by Gasteiger charge is -2.17. The molecule has 2 atom stereocenters. The Balaban J connectivity index is 2.72. The fourth-order valence-electron chi connectivity index (χ4n) is 1.63. The van der Waals surface area contributed by atoms with Gasteiger partial charge in [0.1, 0.15) is 0 Å². The summed E-state index contributed by atoms with van der Waals surface area (Å²) in [6.07, 6.45) is 0. The normalized spacial score (nSPS) is 14.9. The van der Waals surface area contributed by atoms with E-state index in [1.807, 2.05) is 6.92 Å². The molecule has 0 fully saturated rings. The first-order valence-corrected chi connectivity index (χ1v) is 5.85. The van der Waals surface area contributed by atoms with Crippen LogP contribution in [-0.2, 0) is 4.79 Å². The summed E-state index contributed by atoms with van der Waals surface area (Å²) in [6, 6.07) is 2.03. The SMILES string of the molecule is Cc1cc(C(C)NC(C)C(N)=O)c(C)s1. The largest absolute Gasteiger partial charge is 0.368 e. The molecule has 0 spiro atoms. The summed E-state index contributed by atoms with van der Waals surface area (Å²) in [4.78, 5) is 13.5. The monoisotopic (exact) mass is 226 g/mol. The molecule has 1 amide bonds. The molecule has 0 aromatic carbocycles. The van der Waals surface area contributed by atoms with Crippen molar-refractivity contribution in [3.63, 3.8) is 0 Å². The molecular formula is C11H18N2OS. The van der Waals surface area contributed by atoms with Gasteiger partial charge in [0.05, 0.1) is 6.04 Å². The third kappa shape index (κ3) is 3.04. The number of carbonyl (C=O) groups excluding carboxylic acids is 1. The van der Waals surface area contributed by atoms with Crippen molar-refractivity contribution in [2.24, 2.45) is 5.73 Å². The second-order valence-corrected chi connectivity index (χ2v) is 5.34. The van der Waals surface area contributed by atoms with Gasteiger partial charge >= 0.3 is 0 Å². The summed E-state index contributed by atoms with van der Waals surface area (Å²) >= 11 is 1.78. The minimum atomic E-state index is -0.313. The highest BCUT2D eigenvalue weighted by atomic mass is 32.1. The highest BCUT2D eigenvalue weighted by molar-refractivity contribution is 7.12. The van der Waals surface area contributed by atoms with Crippen LogP contribution >= 0.6 is 11.3 Å². The van der Waals surface area contributed by atoms with E-state index in [-0.39, 0.29) is 18.0 Å². The zero-order chi connectivity index (χ0) is 11.6. The molecule has 0 aliphatic heterocycles. The van der Waals surface area contributed by atoms with Crippen molar-refractivity contribution in [2.75, 3.05) is 0 Å². The smallest absolute Gasteiger partial charge is 0.234 e. The predicted molar refractivity (Wildman–Crippen MR) is 64.0 cm³/mol. The number of nitrogens with one attached hydrogen (secondary N) is 1. The van der Waals surface area contributed by atoms with Gasteiger partial charge in [0.2, 0.25) is 5.91 Å². The van der Waals surface area contributed by atoms with Gasteiger partial charge in [-0.15, -0.1) is 11.3 Å². The number of primary amides is 1. The number of carbonyl (C=O) groups is 1. The van der Waals surface area contributed by atoms with Crippen molar-refractivity contribution in [2.45, 2.75) is 39.8 Å². The first kappa shape index (κ1) is 12.2. The maximum Gasteiger partial charge on any atom is 0.234 e. The second-order valence-electron chi connectivity index (χ2n) is 3.88. The molecule has 0 saturated carbocycles. The van der Waals surface area contributed by atoms with Gasteiger partial charge in [-0.05, 0) is 39.3 Å². The third-order valence-corrected chi connectivity index (χ3v) is 3.45. The molecule has 3 nitrogen and oxygen atoms in total. The first-order valence-electron chi connectivity index (χ1n) is 5.04. The molecule has 3 N–H and O–H groups in total. The highest BCUT2D eigenvalue weighted by Crippen LogP contribution is 2.26. The minimum absolute atomic E-state index is 0.164. The first-order chi connectivity index (χ1) is 6.91. The lowest BCUT2D eigenvalue weighted by molar-refractivity contribution is -0.119. The Hall–Kier alpha value is -0.870. The molecule has 0 bridgehead atoms. The predicted octanol–water partition coefficient (Wildman–Crippen LogP) is 1.89. The zero-order valence-electron chi connectivity index (χ0n) is 9.63. The average Bonchev–Trinajstić information content (AvgIpc) is 2.44. The molecule has 0 saturated heterocycles. The quantitative estimate of drug-likeness (QED) is 0.823. The summed E-state index contributed by atoms with van der Waals surface area (Å²) in [5.41, 5.74) is 6.46. The van der Waals surface area contributed by atoms with E-state index in [4.69, 9.17) is 5.73 Å². The molecule has 1 aromatic rings. The van der Waals surface area contributed by atoms with Crippen molar-refractivity contribution in [3.8, 4) is 0 Å². The molecule has 0 aliphatic carbocycles. The van der Waals surface area contributed by atoms with Gasteiger partial charge in [-0.3, -0.25) is 10.1 Å². The van der Waals surface area contributed by atoms with E-state index in [2.05, 4.69) is 25.2 Å². The zero-order valence-corrected chi connectivity index (χ0v) is 10.4. The molecule has 4 heteroatoms. The third-order valence-electron chi connectivity index (χ3n) is 2.47. The number of amides is 1. The van der Waals surface area contributed by atoms with Crippen LogP contribution in [0.2, 0.25) is 0 Å². The van der Waals surface area contributed by atoms with Gasteiger partial charge in [0, 0.05) is 15.8 Å². The lowest BCUT2D eigenvalue weighted by Crippen LogP contribution is -2.40. The van der Waals surface area contributed by atoms with Gasteiger partial charge in [0.15, 0.2) is 0 Å². The molecule has 2 unspecified atom stereocenters. The fraction of sp³-hybridized carbons (Fsp3) is 0.545. The van der Waals surface area contributed by atoms with E-state index in [9.17, 15) is 4.79 Å². The number of rotatable bonds is 4. The van der Waals surface area contributed by atoms with Crippen LogP contribution in [0.3, 0.4) is 0 Å². The van der Waals surface area contributed by atoms with Crippen LogP contribution in [0.25, 0.3) is 0 Å². The van der Waals surface area contributed by atoms with Gasteiger partial charge in [-0.25, -0.2) is 0 Å². The van der Waals surface area contributed by atoms with E-state index in [1.165, 1.54) is 15.3 Å². The van der Waals surface area contributed by atoms with Crippen LogP contribution in [0.5, 0.6) is 0 Å². The molecule has 15 heavy (non-hydrogen) atoms. The Labute approximate surface area is 94.7 Å². The number of hydrogen-bond acceptors (Lipinski definition) is 3. The van der Waals surface area contributed by atoms with Crippen LogP contribution in [0.4, 0.5) is 0 Å². The van der Waals surface area contributed by atoms with E-state index in [1.54, 1.807) is 18.3 Å². The second kappa shape index (κ2) is 4.77. The topological polar surface area (TPSA) is 55.1 Å². The fourth-order valence-corrected chi connectivity index (χ4v) is 2.65. The number of thiophene rings is 1. The molecule has 1 rings (SSSR count). The summed E-state index contributed by atoms with van der Waals surface area (Å²) in [5, 5.41) is 3.18. The van der Waals surface area contributed by atoms with E-state index in [0.29, 0.717) is 0 Å². The summed E-state index contributed by atoms with van der Waals surface area (Å²) in [6.45, 7) is 8.02. The van der Waals surface area contributed by atoms with Crippen molar-refractivity contribution in [3.05, 3.63) is 21.4 Å². The Morgan fingerprint density at radius 3 is 2.47 bits per heavy atom. The van der Waals surface area contributed by atoms with Crippen molar-refractivity contribution < 1.29 is 4.79 Å². The van der Waals surface area contributed by atoms with E-state index >= 15 is 0 Å². The average molecular weight is 226 g/mol. The number of aryl methyl sites for hydroxylation is 2. The molecular weight excluding hydrogens is 208 g/mol. The van der Waals surface area contributed by atoms with Crippen LogP contribution < -0.4 is 11.1 Å². The maximum absolute atomic E-state index is 10.9. The Bertz CT molecular complexity index is 359. The Kier molecular flexibility index (Phi) is 3.88. The van der Waals surface area contributed by atoms with Crippen molar-refractivity contribution in [1.29, 1.82) is 0 Å². The summed E-state index contributed by atoms with van der Waals surface area (Å²) < 4.78 is 0. The molecule has 1 aromatic heterocycles. The van der Waals surface area contributed by atoms with Crippen LogP contribution in [0.1, 0.15) is 35.2 Å². The minimum Gasteiger partial charge on any atom is -0.368 e. The standard InChI is InChI=1S/C11H18N2OS/c1-6-5-10(9(4)15-6)7(2)13-8(3)11(12)14/h5,7-8,13H,1-4H3,(H2,12,14). The summed E-state index contributed by atoms with van der Waals surface area (Å²) in [7, 11) is 0. The number of hydrogen-bond donors (Lipinski definition) is 2. The summed E-state index contributed by atoms with van der Waals surface area (Å²) in [5.74, 6) is -0.313. The molecule has 0 aliphatic rings. The highest BCUT2D eigenvalue weighted by Gasteiger charge is 2.15. The lowest BCUT2D eigenvalue weighted by atomic mass is 10.1. The van der Waals surface area contributed by atoms with Gasteiger partial charge in [-0.1, -0.05) is 0 Å². The number of nitrogens with two attached hydrogens (primary N) is 1. The molecule has 1 heterocycles. The van der Waals surface area contributed by atoms with Crippen LogP contribution in [0.15, 0.2) is 6.07 Å². The van der Waals surface area contributed by atoms with Gasteiger partial charge < -0.3 is 5.73 Å². The van der Waals surface area contributed by atoms with Crippen LogP contribution in [-0.4, -0.2) is 11.9 Å². The maximum atomic E-state index is 10.9. The van der Waals surface area contributed by atoms with E-state index in [0.717, 1.165) is 0 Å². The molecule has 0 radical (unpaired) electrons. The molecule has 84 valence electrons. The Morgan fingerprint density at radius 2 is 2.07 bits per heavy atom. The van der Waals surface area contributed by atoms with Crippen molar-refractivity contribution >= 4 is 17.2 Å². The van der Waals surface area contributed by atoms with E-state index < -0.39 is 0 Å². The van der Waals surface area contributed by atoms with Crippen molar-refractivity contribution in [1.82, 2.24) is 5.32 Å². The Morgan fingerprint density at radius 1 is 1.47 bits per heavy atom. The van der Waals surface area contributed by atoms with Gasteiger partial charge in [0.25, 0.3) is 0 Å².